The number of esters is 3. The fraction of sp³-hybridized carbons (Fsp3) is 0.746. The highest BCUT2D eigenvalue weighted by molar-refractivity contribution is 5.71. The van der Waals surface area contributed by atoms with Crippen LogP contribution in [0.4, 0.5) is 0 Å². The van der Waals surface area contributed by atoms with Crippen molar-refractivity contribution in [2.75, 3.05) is 13.2 Å². The molecule has 0 aromatic rings. The zero-order valence-corrected chi connectivity index (χ0v) is 42.7. The van der Waals surface area contributed by atoms with Gasteiger partial charge in [-0.1, -0.05) is 248 Å². The lowest BCUT2D eigenvalue weighted by molar-refractivity contribution is -0.167. The maximum absolute atomic E-state index is 12.8. The second-order valence-electron chi connectivity index (χ2n) is 18.1. The first-order chi connectivity index (χ1) is 32.0. The van der Waals surface area contributed by atoms with E-state index in [4.69, 9.17) is 14.2 Å². The monoisotopic (exact) mass is 907 g/mol. The van der Waals surface area contributed by atoms with E-state index in [0.717, 1.165) is 103 Å². The number of ether oxygens (including phenoxy) is 3. The standard InChI is InChI=1S/C59H102O6/c1-4-7-10-13-16-18-20-22-23-24-25-26-27-28-29-30-31-32-33-34-35-37-38-40-43-46-49-52-58(61)64-55-56(54-63-57(60)51-48-45-42-15-12-9-6-3)65-59(62)53-50-47-44-41-39-36-21-19-17-14-11-8-5-2/h7,10,16,18,22-23,25-26,28-29,31-32,56H,4-6,8-9,11-15,17,19-21,24,27,30,33-55H2,1-3H3/b10-7-,18-16-,23-22-,26-25-,29-28-,32-31-. The third-order valence-corrected chi connectivity index (χ3v) is 11.7. The maximum Gasteiger partial charge on any atom is 0.306 e. The summed E-state index contributed by atoms with van der Waals surface area (Å²) in [5, 5.41) is 0. The van der Waals surface area contributed by atoms with Gasteiger partial charge in [0, 0.05) is 19.3 Å². The summed E-state index contributed by atoms with van der Waals surface area (Å²) < 4.78 is 16.7. The number of hydrogen-bond acceptors (Lipinski definition) is 6. The highest BCUT2D eigenvalue weighted by Gasteiger charge is 2.19. The molecule has 0 saturated carbocycles. The van der Waals surface area contributed by atoms with E-state index >= 15 is 0 Å². The molecule has 374 valence electrons. The van der Waals surface area contributed by atoms with Crippen molar-refractivity contribution in [2.45, 2.75) is 271 Å². The lowest BCUT2D eigenvalue weighted by atomic mass is 10.0. The Morgan fingerprint density at radius 2 is 0.600 bits per heavy atom. The third-order valence-electron chi connectivity index (χ3n) is 11.7. The Bertz CT molecular complexity index is 1230. The molecule has 0 amide bonds. The molecule has 0 aromatic carbocycles. The summed E-state index contributed by atoms with van der Waals surface area (Å²) in [6, 6.07) is 0. The largest absolute Gasteiger partial charge is 0.462 e. The predicted molar refractivity (Wildman–Crippen MR) is 279 cm³/mol. The van der Waals surface area contributed by atoms with Gasteiger partial charge in [0.25, 0.3) is 0 Å². The fourth-order valence-corrected chi connectivity index (χ4v) is 7.62. The molecule has 0 bridgehead atoms. The average Bonchev–Trinajstić information content (AvgIpc) is 3.30. The van der Waals surface area contributed by atoms with Crippen LogP contribution in [0.2, 0.25) is 0 Å². The first-order valence-electron chi connectivity index (χ1n) is 27.4. The van der Waals surface area contributed by atoms with Crippen LogP contribution in [-0.2, 0) is 28.6 Å². The third kappa shape index (κ3) is 51.7. The van der Waals surface area contributed by atoms with Crippen molar-refractivity contribution in [1.29, 1.82) is 0 Å². The summed E-state index contributed by atoms with van der Waals surface area (Å²) in [7, 11) is 0. The lowest BCUT2D eigenvalue weighted by Gasteiger charge is -2.18. The molecule has 0 spiro atoms. The first-order valence-corrected chi connectivity index (χ1v) is 27.4. The Labute approximate surface area is 402 Å². The van der Waals surface area contributed by atoms with Crippen LogP contribution in [0.25, 0.3) is 0 Å². The van der Waals surface area contributed by atoms with E-state index in [-0.39, 0.29) is 31.1 Å². The topological polar surface area (TPSA) is 78.9 Å². The summed E-state index contributed by atoms with van der Waals surface area (Å²) in [5.74, 6) is -0.885. The van der Waals surface area contributed by atoms with Crippen molar-refractivity contribution in [3.8, 4) is 0 Å². The molecule has 65 heavy (non-hydrogen) atoms. The Kier molecular flexibility index (Phi) is 50.9. The van der Waals surface area contributed by atoms with E-state index in [0.29, 0.717) is 19.3 Å². The van der Waals surface area contributed by atoms with Gasteiger partial charge in [-0.2, -0.15) is 0 Å². The van der Waals surface area contributed by atoms with Gasteiger partial charge in [-0.05, 0) is 70.6 Å². The van der Waals surface area contributed by atoms with Crippen molar-refractivity contribution < 1.29 is 28.6 Å². The smallest absolute Gasteiger partial charge is 0.306 e. The molecule has 6 heteroatoms. The molecule has 6 nitrogen and oxygen atoms in total. The van der Waals surface area contributed by atoms with Crippen LogP contribution in [0.5, 0.6) is 0 Å². The Balaban J connectivity index is 4.16. The highest BCUT2D eigenvalue weighted by atomic mass is 16.6. The van der Waals surface area contributed by atoms with Gasteiger partial charge in [0.15, 0.2) is 6.10 Å². The number of carbonyl (C=O) groups is 3. The van der Waals surface area contributed by atoms with Crippen LogP contribution in [-0.4, -0.2) is 37.2 Å². The van der Waals surface area contributed by atoms with Gasteiger partial charge in [-0.25, -0.2) is 0 Å². The highest BCUT2D eigenvalue weighted by Crippen LogP contribution is 2.15. The normalized spacial score (nSPS) is 12.6. The molecule has 0 fully saturated rings. The van der Waals surface area contributed by atoms with Gasteiger partial charge in [0.2, 0.25) is 0 Å². The van der Waals surface area contributed by atoms with E-state index in [1.807, 2.05) is 0 Å². The van der Waals surface area contributed by atoms with Crippen LogP contribution in [0.1, 0.15) is 265 Å². The minimum Gasteiger partial charge on any atom is -0.462 e. The first kappa shape index (κ1) is 61.9. The van der Waals surface area contributed by atoms with Gasteiger partial charge >= 0.3 is 17.9 Å². The summed E-state index contributed by atoms with van der Waals surface area (Å²) in [6.45, 7) is 6.48. The molecule has 0 saturated heterocycles. The molecule has 0 radical (unpaired) electrons. The molecule has 0 N–H and O–H groups in total. The molecule has 1 unspecified atom stereocenters. The van der Waals surface area contributed by atoms with E-state index in [1.54, 1.807) is 0 Å². The predicted octanol–water partition coefficient (Wildman–Crippen LogP) is 18.2. The average molecular weight is 907 g/mol. The SMILES string of the molecule is CC/C=C\C/C=C\C/C=C\C/C=C\C/C=C\C/C=C\CCCCCCCCCCC(=O)OCC(COC(=O)CCCCCCCCC)OC(=O)CCCCCCCCCCCCCCC. The van der Waals surface area contributed by atoms with Crippen molar-refractivity contribution in [3.63, 3.8) is 0 Å². The summed E-state index contributed by atoms with van der Waals surface area (Å²) in [4.78, 5) is 37.8. The van der Waals surface area contributed by atoms with Gasteiger partial charge in [0.05, 0.1) is 0 Å². The van der Waals surface area contributed by atoms with Crippen LogP contribution in [0, 0.1) is 0 Å². The summed E-state index contributed by atoms with van der Waals surface area (Å²) in [5.41, 5.74) is 0. The van der Waals surface area contributed by atoms with Crippen LogP contribution >= 0.6 is 0 Å². The van der Waals surface area contributed by atoms with Crippen molar-refractivity contribution in [1.82, 2.24) is 0 Å². The summed E-state index contributed by atoms with van der Waals surface area (Å²) in [6.07, 6.45) is 67.7. The number of rotatable bonds is 49. The lowest BCUT2D eigenvalue weighted by Crippen LogP contribution is -2.30. The molecule has 0 aromatic heterocycles. The van der Waals surface area contributed by atoms with Crippen LogP contribution in [0.15, 0.2) is 72.9 Å². The minimum absolute atomic E-state index is 0.0751. The number of carbonyl (C=O) groups excluding carboxylic acids is 3. The second-order valence-corrected chi connectivity index (χ2v) is 18.1. The number of unbranched alkanes of at least 4 members (excludes halogenated alkanes) is 26. The quantitative estimate of drug-likeness (QED) is 0.0262. The summed E-state index contributed by atoms with van der Waals surface area (Å²) >= 11 is 0. The van der Waals surface area contributed by atoms with Crippen molar-refractivity contribution in [2.24, 2.45) is 0 Å². The molecule has 0 aliphatic carbocycles. The van der Waals surface area contributed by atoms with E-state index < -0.39 is 6.10 Å². The van der Waals surface area contributed by atoms with Crippen molar-refractivity contribution in [3.05, 3.63) is 72.9 Å². The van der Waals surface area contributed by atoms with Gasteiger partial charge in [0.1, 0.15) is 13.2 Å². The molecular weight excluding hydrogens is 805 g/mol. The molecule has 1 atom stereocenters. The Morgan fingerprint density at radius 3 is 0.938 bits per heavy atom. The van der Waals surface area contributed by atoms with Gasteiger partial charge in [-0.15, -0.1) is 0 Å². The van der Waals surface area contributed by atoms with Crippen LogP contribution in [0.3, 0.4) is 0 Å². The molecule has 0 aliphatic heterocycles. The van der Waals surface area contributed by atoms with E-state index in [1.165, 1.54) is 122 Å². The second kappa shape index (κ2) is 53.5. The maximum atomic E-state index is 12.8. The molecule has 0 aliphatic rings. The number of hydrogen-bond donors (Lipinski definition) is 0. The van der Waals surface area contributed by atoms with Crippen LogP contribution < -0.4 is 0 Å². The zero-order chi connectivity index (χ0) is 47.2. The Hall–Kier alpha value is -3.15. The fourth-order valence-electron chi connectivity index (χ4n) is 7.62. The Morgan fingerprint density at radius 1 is 0.323 bits per heavy atom. The van der Waals surface area contributed by atoms with E-state index in [9.17, 15) is 14.4 Å². The molecule has 0 rings (SSSR count). The van der Waals surface area contributed by atoms with Crippen molar-refractivity contribution >= 4 is 17.9 Å². The molecular formula is C59H102O6. The van der Waals surface area contributed by atoms with Gasteiger partial charge < -0.3 is 14.2 Å². The minimum atomic E-state index is -0.772. The number of allylic oxidation sites excluding steroid dienone is 12. The van der Waals surface area contributed by atoms with E-state index in [2.05, 4.69) is 93.7 Å². The van der Waals surface area contributed by atoms with Gasteiger partial charge in [-0.3, -0.25) is 14.4 Å². The molecule has 0 heterocycles. The zero-order valence-electron chi connectivity index (χ0n) is 42.7.